The van der Waals surface area contributed by atoms with E-state index in [0.29, 0.717) is 11.4 Å². The Kier molecular flexibility index (Phi) is 6.43. The number of carbonyl (C=O) groups excluding carboxylic acids is 2. The zero-order valence-electron chi connectivity index (χ0n) is 19.3. The van der Waals surface area contributed by atoms with Gasteiger partial charge in [0, 0.05) is 26.2 Å². The number of hydrogen-bond donors (Lipinski definition) is 0. The zero-order valence-corrected chi connectivity index (χ0v) is 19.3. The van der Waals surface area contributed by atoms with Crippen LogP contribution in [-0.2, 0) is 9.59 Å². The van der Waals surface area contributed by atoms with Crippen LogP contribution >= 0.6 is 0 Å². The molecule has 1 atom stereocenters. The van der Waals surface area contributed by atoms with E-state index >= 15 is 0 Å². The lowest BCUT2D eigenvalue weighted by atomic mass is 9.96. The van der Waals surface area contributed by atoms with Crippen molar-refractivity contribution in [3.05, 3.63) is 96.1 Å². The van der Waals surface area contributed by atoms with Gasteiger partial charge in [-0.1, -0.05) is 72.8 Å². The quantitative estimate of drug-likeness (QED) is 0.530. The molecule has 6 nitrogen and oxygen atoms in total. The Labute approximate surface area is 200 Å². The number of hydrogen-bond acceptors (Lipinski definition) is 5. The zero-order chi connectivity index (χ0) is 23.5. The maximum Gasteiger partial charge on any atom is 0.251 e. The summed E-state index contributed by atoms with van der Waals surface area (Å²) < 4.78 is 5.39. The average Bonchev–Trinajstić information content (AvgIpc) is 3.19. The minimum Gasteiger partial charge on any atom is -0.495 e. The minimum absolute atomic E-state index is 0.161. The summed E-state index contributed by atoms with van der Waals surface area (Å²) in [6, 6.07) is 28.0. The van der Waals surface area contributed by atoms with Crippen LogP contribution in [0.5, 0.6) is 5.75 Å². The molecule has 2 aliphatic heterocycles. The van der Waals surface area contributed by atoms with Crippen molar-refractivity contribution in [3.63, 3.8) is 0 Å². The number of anilines is 1. The number of rotatable bonds is 6. The lowest BCUT2D eigenvalue weighted by Gasteiger charge is -2.41. The van der Waals surface area contributed by atoms with Gasteiger partial charge in [-0.05, 0) is 23.3 Å². The van der Waals surface area contributed by atoms with Crippen LogP contribution in [0.25, 0.3) is 0 Å². The Hall–Kier alpha value is -3.48. The van der Waals surface area contributed by atoms with E-state index < -0.39 is 6.04 Å². The van der Waals surface area contributed by atoms with Gasteiger partial charge in [-0.2, -0.15) is 0 Å². The van der Waals surface area contributed by atoms with E-state index in [4.69, 9.17) is 4.74 Å². The van der Waals surface area contributed by atoms with E-state index in [1.165, 1.54) is 16.0 Å². The lowest BCUT2D eigenvalue weighted by molar-refractivity contribution is -0.123. The SMILES string of the molecule is COc1ccccc1N1C(=O)C[C@@H](N2CCN(C(c3ccccc3)c3ccccc3)CC2)C1=O. The summed E-state index contributed by atoms with van der Waals surface area (Å²) in [5.74, 6) is 0.197. The molecule has 2 aliphatic rings. The Morgan fingerprint density at radius 2 is 1.32 bits per heavy atom. The van der Waals surface area contributed by atoms with Gasteiger partial charge in [0.25, 0.3) is 5.91 Å². The number of nitrogens with zero attached hydrogens (tertiary/aromatic N) is 3. The highest BCUT2D eigenvalue weighted by Crippen LogP contribution is 2.34. The molecule has 0 N–H and O–H groups in total. The van der Waals surface area contributed by atoms with Crippen LogP contribution in [0, 0.1) is 0 Å². The number of ether oxygens (including phenoxy) is 1. The molecule has 0 aliphatic carbocycles. The van der Waals surface area contributed by atoms with Gasteiger partial charge in [0.1, 0.15) is 5.75 Å². The van der Waals surface area contributed by atoms with Crippen LogP contribution in [0.2, 0.25) is 0 Å². The molecule has 0 aromatic heterocycles. The fourth-order valence-corrected chi connectivity index (χ4v) is 5.16. The number of benzene rings is 3. The summed E-state index contributed by atoms with van der Waals surface area (Å²) in [4.78, 5) is 32.1. The van der Waals surface area contributed by atoms with Crippen molar-refractivity contribution in [2.75, 3.05) is 38.2 Å². The number of imide groups is 1. The summed E-state index contributed by atoms with van der Waals surface area (Å²) in [6.45, 7) is 3.11. The van der Waals surface area contributed by atoms with E-state index in [9.17, 15) is 9.59 Å². The Morgan fingerprint density at radius 3 is 1.91 bits per heavy atom. The van der Waals surface area contributed by atoms with Gasteiger partial charge in [0.05, 0.1) is 31.3 Å². The van der Waals surface area contributed by atoms with Crippen LogP contribution in [0.1, 0.15) is 23.6 Å². The number of carbonyl (C=O) groups is 2. The molecule has 174 valence electrons. The minimum atomic E-state index is -0.425. The summed E-state index contributed by atoms with van der Waals surface area (Å²) >= 11 is 0. The van der Waals surface area contributed by atoms with E-state index in [0.717, 1.165) is 26.2 Å². The Balaban J connectivity index is 1.32. The van der Waals surface area contributed by atoms with Gasteiger partial charge < -0.3 is 4.74 Å². The molecular formula is C28H29N3O3. The van der Waals surface area contributed by atoms with E-state index in [-0.39, 0.29) is 24.3 Å². The molecular weight excluding hydrogens is 426 g/mol. The Bertz CT molecular complexity index is 1100. The summed E-state index contributed by atoms with van der Waals surface area (Å²) in [6.07, 6.45) is 0.206. The van der Waals surface area contributed by atoms with Crippen molar-refractivity contribution < 1.29 is 14.3 Å². The molecule has 0 bridgehead atoms. The number of methoxy groups -OCH3 is 1. The molecule has 3 aromatic rings. The normalized spacial score (nSPS) is 19.7. The van der Waals surface area contributed by atoms with E-state index in [1.807, 2.05) is 24.3 Å². The maximum absolute atomic E-state index is 13.3. The fraction of sp³-hybridized carbons (Fsp3) is 0.286. The van der Waals surface area contributed by atoms with E-state index in [1.54, 1.807) is 19.2 Å². The first kappa shape index (κ1) is 22.3. The molecule has 6 heteroatoms. The second-order valence-electron chi connectivity index (χ2n) is 8.75. The molecule has 0 spiro atoms. The average molecular weight is 456 g/mol. The predicted molar refractivity (Wildman–Crippen MR) is 132 cm³/mol. The summed E-state index contributed by atoms with van der Waals surface area (Å²) in [7, 11) is 1.55. The first-order valence-corrected chi connectivity index (χ1v) is 11.7. The molecule has 0 unspecified atom stereocenters. The van der Waals surface area contributed by atoms with Gasteiger partial charge in [0.15, 0.2) is 0 Å². The third-order valence-electron chi connectivity index (χ3n) is 6.83. The maximum atomic E-state index is 13.3. The Morgan fingerprint density at radius 1 is 0.765 bits per heavy atom. The number of piperazine rings is 1. The van der Waals surface area contributed by atoms with Crippen molar-refractivity contribution in [1.29, 1.82) is 0 Å². The first-order chi connectivity index (χ1) is 16.7. The highest BCUT2D eigenvalue weighted by Gasteiger charge is 2.44. The highest BCUT2D eigenvalue weighted by atomic mass is 16.5. The van der Waals surface area contributed by atoms with Crippen molar-refractivity contribution in [1.82, 2.24) is 9.80 Å². The standard InChI is InChI=1S/C28H29N3O3/c1-34-25-15-9-8-14-23(25)31-26(32)20-24(28(31)33)29-16-18-30(19-17-29)27(21-10-4-2-5-11-21)22-12-6-3-7-13-22/h2-15,24,27H,16-20H2,1H3/t24-/m1/s1. The highest BCUT2D eigenvalue weighted by molar-refractivity contribution is 6.23. The largest absolute Gasteiger partial charge is 0.495 e. The van der Waals surface area contributed by atoms with E-state index in [2.05, 4.69) is 58.3 Å². The molecule has 2 amide bonds. The second kappa shape index (κ2) is 9.79. The van der Waals surface area contributed by atoms with Gasteiger partial charge in [-0.3, -0.25) is 19.4 Å². The van der Waals surface area contributed by atoms with Gasteiger partial charge >= 0.3 is 0 Å². The lowest BCUT2D eigenvalue weighted by Crippen LogP contribution is -2.53. The molecule has 2 fully saturated rings. The van der Waals surface area contributed by atoms with Crippen molar-refractivity contribution >= 4 is 17.5 Å². The molecule has 2 saturated heterocycles. The molecule has 3 aromatic carbocycles. The fourth-order valence-electron chi connectivity index (χ4n) is 5.16. The second-order valence-corrected chi connectivity index (χ2v) is 8.75. The van der Waals surface area contributed by atoms with Crippen LogP contribution in [0.3, 0.4) is 0 Å². The van der Waals surface area contributed by atoms with Crippen LogP contribution in [-0.4, -0.2) is 60.9 Å². The smallest absolute Gasteiger partial charge is 0.251 e. The summed E-state index contributed by atoms with van der Waals surface area (Å²) in [5, 5.41) is 0. The van der Waals surface area contributed by atoms with Crippen molar-refractivity contribution in [2.45, 2.75) is 18.5 Å². The van der Waals surface area contributed by atoms with Crippen molar-refractivity contribution in [2.24, 2.45) is 0 Å². The summed E-state index contributed by atoms with van der Waals surface area (Å²) in [5.41, 5.74) is 3.04. The first-order valence-electron chi connectivity index (χ1n) is 11.7. The number of para-hydroxylation sites is 2. The molecule has 2 heterocycles. The topological polar surface area (TPSA) is 53.1 Å². The molecule has 5 rings (SSSR count). The third kappa shape index (κ3) is 4.22. The predicted octanol–water partition coefficient (Wildman–Crippen LogP) is 3.73. The number of amides is 2. The molecule has 0 saturated carbocycles. The van der Waals surface area contributed by atoms with Crippen LogP contribution in [0.15, 0.2) is 84.9 Å². The van der Waals surface area contributed by atoms with Crippen LogP contribution < -0.4 is 9.64 Å². The van der Waals surface area contributed by atoms with Gasteiger partial charge in [-0.15, -0.1) is 0 Å². The molecule has 0 radical (unpaired) electrons. The van der Waals surface area contributed by atoms with Crippen LogP contribution in [0.4, 0.5) is 5.69 Å². The molecule has 34 heavy (non-hydrogen) atoms. The van der Waals surface area contributed by atoms with Crippen molar-refractivity contribution in [3.8, 4) is 5.75 Å². The van der Waals surface area contributed by atoms with Gasteiger partial charge in [-0.25, -0.2) is 4.90 Å². The third-order valence-corrected chi connectivity index (χ3v) is 6.83. The monoisotopic (exact) mass is 455 g/mol. The van der Waals surface area contributed by atoms with Gasteiger partial charge in [0.2, 0.25) is 5.91 Å².